The van der Waals surface area contributed by atoms with Crippen LogP contribution >= 0.6 is 9.24 Å². The molecule has 2 aromatic carbocycles. The standard InChI is InChI=1S/C22H22NOP/c25-15-19-12-21(19)22-10-9-20(13-23-22)24-14-16-5-4-8-18(11-16)17-6-2-1-3-7-17/h1-11,13,19,21H,12,14-15,25H2. The van der Waals surface area contributed by atoms with Gasteiger partial charge >= 0.3 is 0 Å². The minimum Gasteiger partial charge on any atom is -0.487 e. The average Bonchev–Trinajstić information content (AvgIpc) is 3.48. The van der Waals surface area contributed by atoms with E-state index in [0.717, 1.165) is 17.2 Å². The molecule has 1 heterocycles. The first-order valence-corrected chi connectivity index (χ1v) is 9.58. The van der Waals surface area contributed by atoms with E-state index < -0.39 is 0 Å². The van der Waals surface area contributed by atoms with Crippen LogP contribution in [0.25, 0.3) is 11.1 Å². The third-order valence-corrected chi connectivity index (χ3v) is 5.41. The summed E-state index contributed by atoms with van der Waals surface area (Å²) < 4.78 is 5.92. The fraction of sp³-hybridized carbons (Fsp3) is 0.227. The zero-order valence-electron chi connectivity index (χ0n) is 14.1. The molecule has 1 aromatic heterocycles. The molecule has 0 N–H and O–H groups in total. The summed E-state index contributed by atoms with van der Waals surface area (Å²) in [4.78, 5) is 4.58. The molecule has 1 saturated carbocycles. The number of ether oxygens (including phenoxy) is 1. The Bertz CT molecular complexity index is 832. The molecule has 2 nitrogen and oxygen atoms in total. The van der Waals surface area contributed by atoms with Crippen LogP contribution < -0.4 is 4.74 Å². The van der Waals surface area contributed by atoms with E-state index in [2.05, 4.69) is 68.8 Å². The summed E-state index contributed by atoms with van der Waals surface area (Å²) in [5.41, 5.74) is 4.80. The maximum Gasteiger partial charge on any atom is 0.138 e. The molecular weight excluding hydrogens is 325 g/mol. The molecule has 0 spiro atoms. The number of pyridine rings is 1. The Hall–Kier alpha value is -2.18. The summed E-state index contributed by atoms with van der Waals surface area (Å²) in [5.74, 6) is 2.27. The van der Waals surface area contributed by atoms with Crippen LogP contribution in [-0.4, -0.2) is 11.1 Å². The second kappa shape index (κ2) is 7.37. The Morgan fingerprint density at radius 3 is 2.52 bits per heavy atom. The van der Waals surface area contributed by atoms with Crippen LogP contribution in [0, 0.1) is 5.92 Å². The molecule has 1 fully saturated rings. The molecule has 0 bridgehead atoms. The molecule has 1 aliphatic rings. The van der Waals surface area contributed by atoms with E-state index in [1.54, 1.807) is 0 Å². The quantitative estimate of drug-likeness (QED) is 0.564. The van der Waals surface area contributed by atoms with E-state index in [9.17, 15) is 0 Å². The monoisotopic (exact) mass is 347 g/mol. The largest absolute Gasteiger partial charge is 0.487 e. The zero-order valence-corrected chi connectivity index (χ0v) is 15.3. The molecule has 4 rings (SSSR count). The lowest BCUT2D eigenvalue weighted by Gasteiger charge is -2.09. The molecule has 0 radical (unpaired) electrons. The van der Waals surface area contributed by atoms with Gasteiger partial charge in [0.15, 0.2) is 0 Å². The molecule has 0 amide bonds. The molecule has 0 aliphatic heterocycles. The minimum atomic E-state index is 0.555. The smallest absolute Gasteiger partial charge is 0.138 e. The Balaban J connectivity index is 1.40. The number of hydrogen-bond acceptors (Lipinski definition) is 2. The summed E-state index contributed by atoms with van der Waals surface area (Å²) in [6.07, 6.45) is 4.29. The van der Waals surface area contributed by atoms with Crippen LogP contribution in [0.4, 0.5) is 0 Å². The first-order valence-electron chi connectivity index (χ1n) is 8.76. The van der Waals surface area contributed by atoms with Crippen molar-refractivity contribution in [3.8, 4) is 16.9 Å². The highest BCUT2D eigenvalue weighted by Gasteiger charge is 2.37. The van der Waals surface area contributed by atoms with Crippen molar-refractivity contribution in [2.45, 2.75) is 18.9 Å². The molecular formula is C22H22NOP. The fourth-order valence-electron chi connectivity index (χ4n) is 3.20. The van der Waals surface area contributed by atoms with Crippen molar-refractivity contribution in [1.29, 1.82) is 0 Å². The van der Waals surface area contributed by atoms with E-state index in [4.69, 9.17) is 4.74 Å². The number of hydrogen-bond donors (Lipinski definition) is 0. The van der Waals surface area contributed by atoms with Crippen molar-refractivity contribution in [3.63, 3.8) is 0 Å². The van der Waals surface area contributed by atoms with Crippen molar-refractivity contribution in [3.05, 3.63) is 84.2 Å². The maximum absolute atomic E-state index is 5.92. The predicted molar refractivity (Wildman–Crippen MR) is 106 cm³/mol. The summed E-state index contributed by atoms with van der Waals surface area (Å²) in [7, 11) is 2.83. The van der Waals surface area contributed by atoms with Gasteiger partial charge in [0.05, 0.1) is 6.20 Å². The maximum atomic E-state index is 5.92. The summed E-state index contributed by atoms with van der Waals surface area (Å²) in [6.45, 7) is 0.555. The molecule has 3 aromatic rings. The van der Waals surface area contributed by atoms with Gasteiger partial charge in [-0.2, -0.15) is 0 Å². The molecule has 3 heteroatoms. The number of benzene rings is 2. The highest BCUT2D eigenvalue weighted by Crippen LogP contribution is 2.47. The number of nitrogens with zero attached hydrogens (tertiary/aromatic N) is 1. The second-order valence-electron chi connectivity index (χ2n) is 6.61. The lowest BCUT2D eigenvalue weighted by atomic mass is 10.0. The van der Waals surface area contributed by atoms with Crippen LogP contribution in [0.15, 0.2) is 72.9 Å². The zero-order chi connectivity index (χ0) is 17.1. The molecule has 25 heavy (non-hydrogen) atoms. The van der Waals surface area contributed by atoms with Crippen LogP contribution in [0.3, 0.4) is 0 Å². The Morgan fingerprint density at radius 2 is 1.80 bits per heavy atom. The normalized spacial score (nSPS) is 18.8. The van der Waals surface area contributed by atoms with Gasteiger partial charge in [-0.3, -0.25) is 4.98 Å². The minimum absolute atomic E-state index is 0.555. The van der Waals surface area contributed by atoms with Crippen LogP contribution in [-0.2, 0) is 6.61 Å². The van der Waals surface area contributed by atoms with Crippen LogP contribution in [0.5, 0.6) is 5.75 Å². The lowest BCUT2D eigenvalue weighted by Crippen LogP contribution is -1.97. The van der Waals surface area contributed by atoms with Crippen molar-refractivity contribution in [2.24, 2.45) is 5.92 Å². The summed E-state index contributed by atoms with van der Waals surface area (Å²) in [6, 6.07) is 23.1. The van der Waals surface area contributed by atoms with Crippen molar-refractivity contribution in [2.75, 3.05) is 6.16 Å². The molecule has 126 valence electrons. The average molecular weight is 347 g/mol. The van der Waals surface area contributed by atoms with Crippen LogP contribution in [0.2, 0.25) is 0 Å². The fourth-order valence-corrected chi connectivity index (χ4v) is 3.73. The van der Waals surface area contributed by atoms with Gasteiger partial charge in [0, 0.05) is 11.6 Å². The Labute approximate surface area is 151 Å². The molecule has 1 aliphatic carbocycles. The summed E-state index contributed by atoms with van der Waals surface area (Å²) >= 11 is 0. The molecule has 3 unspecified atom stereocenters. The SMILES string of the molecule is PCC1CC1c1ccc(OCc2cccc(-c3ccccc3)c2)cn1. The lowest BCUT2D eigenvalue weighted by molar-refractivity contribution is 0.305. The Morgan fingerprint density at radius 1 is 0.960 bits per heavy atom. The molecule has 0 saturated heterocycles. The van der Waals surface area contributed by atoms with Gasteiger partial charge in [-0.15, -0.1) is 9.24 Å². The number of aromatic nitrogens is 1. The van der Waals surface area contributed by atoms with Gasteiger partial charge in [-0.25, -0.2) is 0 Å². The topological polar surface area (TPSA) is 22.1 Å². The number of rotatable bonds is 6. The first kappa shape index (κ1) is 16.3. The Kier molecular flexibility index (Phi) is 4.81. The second-order valence-corrected chi connectivity index (χ2v) is 7.08. The van der Waals surface area contributed by atoms with E-state index in [-0.39, 0.29) is 0 Å². The predicted octanol–water partition coefficient (Wildman–Crippen LogP) is 5.31. The third-order valence-electron chi connectivity index (χ3n) is 4.80. The van der Waals surface area contributed by atoms with Gasteiger partial charge in [-0.05, 0) is 53.4 Å². The van der Waals surface area contributed by atoms with E-state index in [1.165, 1.54) is 29.4 Å². The first-order chi connectivity index (χ1) is 12.3. The summed E-state index contributed by atoms with van der Waals surface area (Å²) in [5, 5.41) is 0. The van der Waals surface area contributed by atoms with Crippen molar-refractivity contribution < 1.29 is 4.74 Å². The highest BCUT2D eigenvalue weighted by atomic mass is 31.0. The van der Waals surface area contributed by atoms with E-state index >= 15 is 0 Å². The van der Waals surface area contributed by atoms with Gasteiger partial charge in [-0.1, -0.05) is 48.5 Å². The van der Waals surface area contributed by atoms with Gasteiger partial charge in [0.1, 0.15) is 12.4 Å². The van der Waals surface area contributed by atoms with Gasteiger partial charge in [0.25, 0.3) is 0 Å². The van der Waals surface area contributed by atoms with Gasteiger partial charge in [0.2, 0.25) is 0 Å². The van der Waals surface area contributed by atoms with Crippen molar-refractivity contribution in [1.82, 2.24) is 4.98 Å². The van der Waals surface area contributed by atoms with E-state index in [1.807, 2.05) is 18.3 Å². The van der Waals surface area contributed by atoms with Crippen LogP contribution in [0.1, 0.15) is 23.6 Å². The third kappa shape index (κ3) is 3.91. The van der Waals surface area contributed by atoms with E-state index in [0.29, 0.717) is 12.5 Å². The van der Waals surface area contributed by atoms with Crippen molar-refractivity contribution >= 4 is 9.24 Å². The molecule has 3 atom stereocenters. The highest BCUT2D eigenvalue weighted by molar-refractivity contribution is 7.16. The van der Waals surface area contributed by atoms with Gasteiger partial charge < -0.3 is 4.74 Å².